The Morgan fingerprint density at radius 2 is 2.00 bits per heavy atom. The molecule has 0 aliphatic carbocycles. The summed E-state index contributed by atoms with van der Waals surface area (Å²) in [5, 5.41) is 3.52. The molecular formula is C12H11BrF3N3. The Labute approximate surface area is 116 Å². The van der Waals surface area contributed by atoms with Gasteiger partial charge in [-0.25, -0.2) is 4.68 Å². The molecule has 0 amide bonds. The Balaban J connectivity index is 2.40. The van der Waals surface area contributed by atoms with Crippen molar-refractivity contribution >= 4 is 15.9 Å². The Hall–Kier alpha value is -1.34. The van der Waals surface area contributed by atoms with Crippen molar-refractivity contribution < 1.29 is 13.2 Å². The maximum Gasteiger partial charge on any atom is 0.435 e. The van der Waals surface area contributed by atoms with E-state index in [1.807, 2.05) is 6.92 Å². The second-order valence-electron chi connectivity index (χ2n) is 4.14. The van der Waals surface area contributed by atoms with Crippen LogP contribution in [0.15, 0.2) is 34.9 Å². The fraction of sp³-hybridized carbons (Fsp3) is 0.250. The van der Waals surface area contributed by atoms with E-state index in [-0.39, 0.29) is 6.04 Å². The lowest BCUT2D eigenvalue weighted by Crippen LogP contribution is -2.08. The molecule has 0 radical (unpaired) electrons. The lowest BCUT2D eigenvalue weighted by atomic mass is 10.1. The van der Waals surface area contributed by atoms with E-state index in [2.05, 4.69) is 21.0 Å². The van der Waals surface area contributed by atoms with Crippen LogP contribution in [0.4, 0.5) is 13.2 Å². The van der Waals surface area contributed by atoms with Crippen LogP contribution in [0, 0.1) is 0 Å². The molecule has 0 aliphatic heterocycles. The van der Waals surface area contributed by atoms with Crippen molar-refractivity contribution in [2.75, 3.05) is 0 Å². The molecule has 0 unspecified atom stereocenters. The molecule has 0 bridgehead atoms. The van der Waals surface area contributed by atoms with Crippen molar-refractivity contribution in [2.45, 2.75) is 19.1 Å². The molecule has 1 aromatic carbocycles. The molecule has 0 spiro atoms. The summed E-state index contributed by atoms with van der Waals surface area (Å²) in [6.07, 6.45) is -3.17. The molecule has 1 heterocycles. The van der Waals surface area contributed by atoms with Crippen molar-refractivity contribution in [1.29, 1.82) is 0 Å². The maximum absolute atomic E-state index is 12.5. The number of nitrogens with two attached hydrogens (primary N) is 1. The SMILES string of the molecule is C[C@H](N)c1ccc(-n2ccc(C(F)(F)F)n2)c(Br)c1. The summed E-state index contributed by atoms with van der Waals surface area (Å²) >= 11 is 3.31. The van der Waals surface area contributed by atoms with Gasteiger partial charge in [0.25, 0.3) is 0 Å². The monoisotopic (exact) mass is 333 g/mol. The molecule has 3 nitrogen and oxygen atoms in total. The van der Waals surface area contributed by atoms with Crippen LogP contribution < -0.4 is 5.73 Å². The predicted molar refractivity (Wildman–Crippen MR) is 68.9 cm³/mol. The van der Waals surface area contributed by atoms with Crippen LogP contribution in [0.3, 0.4) is 0 Å². The van der Waals surface area contributed by atoms with Crippen LogP contribution in [0.2, 0.25) is 0 Å². The van der Waals surface area contributed by atoms with Gasteiger partial charge in [0.05, 0.1) is 5.69 Å². The third kappa shape index (κ3) is 2.98. The van der Waals surface area contributed by atoms with E-state index in [1.54, 1.807) is 18.2 Å². The highest BCUT2D eigenvalue weighted by molar-refractivity contribution is 9.10. The summed E-state index contributed by atoms with van der Waals surface area (Å²) in [4.78, 5) is 0. The van der Waals surface area contributed by atoms with E-state index < -0.39 is 11.9 Å². The van der Waals surface area contributed by atoms with E-state index in [1.165, 1.54) is 10.9 Å². The van der Waals surface area contributed by atoms with E-state index >= 15 is 0 Å². The number of benzene rings is 1. The lowest BCUT2D eigenvalue weighted by molar-refractivity contribution is -0.141. The van der Waals surface area contributed by atoms with Crippen LogP contribution in [-0.4, -0.2) is 9.78 Å². The van der Waals surface area contributed by atoms with Crippen molar-refractivity contribution in [3.8, 4) is 5.69 Å². The van der Waals surface area contributed by atoms with Gasteiger partial charge < -0.3 is 5.73 Å². The van der Waals surface area contributed by atoms with Crippen LogP contribution in [0.25, 0.3) is 5.69 Å². The molecule has 0 aliphatic rings. The third-order valence-corrected chi connectivity index (χ3v) is 3.26. The fourth-order valence-electron chi connectivity index (χ4n) is 1.60. The third-order valence-electron chi connectivity index (χ3n) is 2.62. The Kier molecular flexibility index (Phi) is 3.69. The molecule has 1 atom stereocenters. The number of rotatable bonds is 2. The highest BCUT2D eigenvalue weighted by Gasteiger charge is 2.33. The molecule has 2 aromatic rings. The highest BCUT2D eigenvalue weighted by Crippen LogP contribution is 2.29. The molecular weight excluding hydrogens is 323 g/mol. The highest BCUT2D eigenvalue weighted by atomic mass is 79.9. The average molecular weight is 334 g/mol. The lowest BCUT2D eigenvalue weighted by Gasteiger charge is -2.10. The second-order valence-corrected chi connectivity index (χ2v) is 5.00. The minimum Gasteiger partial charge on any atom is -0.324 e. The van der Waals surface area contributed by atoms with E-state index in [0.717, 1.165) is 11.6 Å². The first-order valence-electron chi connectivity index (χ1n) is 5.47. The van der Waals surface area contributed by atoms with Crippen LogP contribution in [0.1, 0.15) is 24.2 Å². The number of nitrogens with zero attached hydrogens (tertiary/aromatic N) is 2. The smallest absolute Gasteiger partial charge is 0.324 e. The zero-order valence-electron chi connectivity index (χ0n) is 9.95. The molecule has 0 saturated carbocycles. The maximum atomic E-state index is 12.5. The molecule has 2 N–H and O–H groups in total. The Bertz CT molecular complexity index is 590. The zero-order chi connectivity index (χ0) is 14.2. The fourth-order valence-corrected chi connectivity index (χ4v) is 2.18. The Morgan fingerprint density at radius 3 is 2.47 bits per heavy atom. The summed E-state index contributed by atoms with van der Waals surface area (Å²) in [7, 11) is 0. The summed E-state index contributed by atoms with van der Waals surface area (Å²) in [5.74, 6) is 0. The largest absolute Gasteiger partial charge is 0.435 e. The van der Waals surface area contributed by atoms with Gasteiger partial charge in [-0.05, 0) is 46.6 Å². The molecule has 0 saturated heterocycles. The van der Waals surface area contributed by atoms with Gasteiger partial charge in [-0.3, -0.25) is 0 Å². The number of alkyl halides is 3. The quantitative estimate of drug-likeness (QED) is 0.911. The summed E-state index contributed by atoms with van der Waals surface area (Å²) in [5.41, 5.74) is 6.24. The predicted octanol–water partition coefficient (Wildman–Crippen LogP) is 3.67. The van der Waals surface area contributed by atoms with Gasteiger partial charge in [-0.1, -0.05) is 6.07 Å². The number of aromatic nitrogens is 2. The van der Waals surface area contributed by atoms with E-state index in [4.69, 9.17) is 5.73 Å². The summed E-state index contributed by atoms with van der Waals surface area (Å²) in [6, 6.07) is 6.00. The van der Waals surface area contributed by atoms with Gasteiger partial charge >= 0.3 is 6.18 Å². The van der Waals surface area contributed by atoms with E-state index in [0.29, 0.717) is 10.2 Å². The van der Waals surface area contributed by atoms with Crippen LogP contribution in [0.5, 0.6) is 0 Å². The van der Waals surface area contributed by atoms with Gasteiger partial charge in [-0.15, -0.1) is 0 Å². The van der Waals surface area contributed by atoms with Gasteiger partial charge in [-0.2, -0.15) is 18.3 Å². The van der Waals surface area contributed by atoms with Gasteiger partial charge in [0.1, 0.15) is 0 Å². The van der Waals surface area contributed by atoms with E-state index in [9.17, 15) is 13.2 Å². The van der Waals surface area contributed by atoms with Gasteiger partial charge in [0.15, 0.2) is 5.69 Å². The van der Waals surface area contributed by atoms with Crippen molar-refractivity contribution in [2.24, 2.45) is 5.73 Å². The second kappa shape index (κ2) is 4.97. The average Bonchev–Trinajstić information content (AvgIpc) is 2.77. The Morgan fingerprint density at radius 1 is 1.32 bits per heavy atom. The van der Waals surface area contributed by atoms with Crippen molar-refractivity contribution in [3.05, 3.63) is 46.2 Å². The normalized spacial score (nSPS) is 13.6. The van der Waals surface area contributed by atoms with Crippen molar-refractivity contribution in [1.82, 2.24) is 9.78 Å². The number of hydrogen-bond acceptors (Lipinski definition) is 2. The summed E-state index contributed by atoms with van der Waals surface area (Å²) in [6.45, 7) is 1.83. The van der Waals surface area contributed by atoms with Crippen LogP contribution >= 0.6 is 15.9 Å². The molecule has 2 rings (SSSR count). The molecule has 102 valence electrons. The van der Waals surface area contributed by atoms with Gasteiger partial charge in [0.2, 0.25) is 0 Å². The molecule has 7 heteroatoms. The topological polar surface area (TPSA) is 43.8 Å². The summed E-state index contributed by atoms with van der Waals surface area (Å²) < 4.78 is 39.3. The molecule has 0 fully saturated rings. The first-order valence-corrected chi connectivity index (χ1v) is 6.26. The first-order chi connectivity index (χ1) is 8.79. The first kappa shape index (κ1) is 14.1. The minimum atomic E-state index is -4.44. The molecule has 19 heavy (non-hydrogen) atoms. The number of halogens is 4. The van der Waals surface area contributed by atoms with Crippen molar-refractivity contribution in [3.63, 3.8) is 0 Å². The number of hydrogen-bond donors (Lipinski definition) is 1. The zero-order valence-corrected chi connectivity index (χ0v) is 11.5. The standard InChI is InChI=1S/C12H11BrF3N3/c1-7(17)8-2-3-10(9(13)6-8)19-5-4-11(18-19)12(14,15)16/h2-7H,17H2,1H3/t7-/m0/s1. The molecule has 1 aromatic heterocycles. The van der Waals surface area contributed by atoms with Crippen LogP contribution in [-0.2, 0) is 6.18 Å². The van der Waals surface area contributed by atoms with Gasteiger partial charge in [0, 0.05) is 16.7 Å². The minimum absolute atomic E-state index is 0.145.